The highest BCUT2D eigenvalue weighted by atomic mass is 79.9. The van der Waals surface area contributed by atoms with E-state index in [0.717, 1.165) is 4.47 Å². The number of nitrogens with one attached hydrogen (secondary N) is 1. The summed E-state index contributed by atoms with van der Waals surface area (Å²) in [4.78, 5) is 35.8. The third-order valence-electron chi connectivity index (χ3n) is 2.73. The molecule has 1 aliphatic rings. The second-order valence-corrected chi connectivity index (χ2v) is 5.30. The van der Waals surface area contributed by atoms with Crippen molar-refractivity contribution in [2.45, 2.75) is 13.0 Å². The summed E-state index contributed by atoms with van der Waals surface area (Å²) >= 11 is 3.30. The lowest BCUT2D eigenvalue weighted by Crippen LogP contribution is -2.55. The number of ether oxygens (including phenoxy) is 1. The Morgan fingerprint density at radius 1 is 1.25 bits per heavy atom. The summed E-state index contributed by atoms with van der Waals surface area (Å²) in [6, 6.07) is 7.04. The molecular weight excluding hydrogens is 328 g/mol. The summed E-state index contributed by atoms with van der Waals surface area (Å²) in [6.45, 7) is 1.33. The topological polar surface area (TPSA) is 75.7 Å². The molecule has 0 aromatic heterocycles. The van der Waals surface area contributed by atoms with Crippen LogP contribution in [0.5, 0.6) is 5.75 Å². The Hall–Kier alpha value is -1.89. The zero-order chi connectivity index (χ0) is 14.7. The van der Waals surface area contributed by atoms with Gasteiger partial charge in [-0.2, -0.15) is 0 Å². The summed E-state index contributed by atoms with van der Waals surface area (Å²) in [6.07, 6.45) is -0.769. The summed E-state index contributed by atoms with van der Waals surface area (Å²) in [7, 11) is 0. The van der Waals surface area contributed by atoms with Crippen LogP contribution >= 0.6 is 15.9 Å². The van der Waals surface area contributed by atoms with E-state index in [1.54, 1.807) is 31.2 Å². The second-order valence-electron chi connectivity index (χ2n) is 4.38. The van der Waals surface area contributed by atoms with Crippen molar-refractivity contribution in [3.8, 4) is 5.75 Å². The van der Waals surface area contributed by atoms with Crippen molar-refractivity contribution in [2.24, 2.45) is 0 Å². The molecule has 1 saturated heterocycles. The maximum atomic E-state index is 12.1. The van der Waals surface area contributed by atoms with Crippen LogP contribution in [0.4, 0.5) is 0 Å². The third-order valence-corrected chi connectivity index (χ3v) is 3.26. The van der Waals surface area contributed by atoms with Gasteiger partial charge in [-0.25, -0.2) is 0 Å². The van der Waals surface area contributed by atoms with Gasteiger partial charge in [0.2, 0.25) is 11.8 Å². The monoisotopic (exact) mass is 340 g/mol. The Morgan fingerprint density at radius 3 is 2.35 bits per heavy atom. The standard InChI is InChI=1S/C13H13BrN2O4/c1-8(20-10-4-2-9(14)3-5-10)13(19)16-6-11(17)15-12(18)7-16/h2-5,8H,6-7H2,1H3,(H,15,17,18). The maximum absolute atomic E-state index is 12.1. The van der Waals surface area contributed by atoms with Gasteiger partial charge < -0.3 is 9.64 Å². The predicted octanol–water partition coefficient (Wildman–Crippen LogP) is 0.701. The average Bonchev–Trinajstić information content (AvgIpc) is 2.39. The number of hydrogen-bond donors (Lipinski definition) is 1. The van der Waals surface area contributed by atoms with Crippen LogP contribution in [-0.2, 0) is 14.4 Å². The fourth-order valence-corrected chi connectivity index (χ4v) is 2.08. The summed E-state index contributed by atoms with van der Waals surface area (Å²) in [5.41, 5.74) is 0. The molecule has 0 spiro atoms. The number of carbonyl (C=O) groups is 3. The first-order valence-electron chi connectivity index (χ1n) is 5.99. The zero-order valence-electron chi connectivity index (χ0n) is 10.8. The lowest BCUT2D eigenvalue weighted by atomic mass is 10.2. The van der Waals surface area contributed by atoms with Crippen LogP contribution in [-0.4, -0.2) is 41.8 Å². The highest BCUT2D eigenvalue weighted by Crippen LogP contribution is 2.17. The minimum absolute atomic E-state index is 0.126. The minimum atomic E-state index is -0.769. The van der Waals surface area contributed by atoms with Gasteiger partial charge in [-0.05, 0) is 31.2 Å². The van der Waals surface area contributed by atoms with Gasteiger partial charge in [0.05, 0.1) is 0 Å². The van der Waals surface area contributed by atoms with Gasteiger partial charge in [0.15, 0.2) is 6.10 Å². The molecule has 1 aromatic rings. The largest absolute Gasteiger partial charge is 0.481 e. The first-order valence-corrected chi connectivity index (χ1v) is 6.78. The first kappa shape index (κ1) is 14.5. The summed E-state index contributed by atoms with van der Waals surface area (Å²) in [5, 5.41) is 2.14. The molecule has 0 aliphatic carbocycles. The molecule has 7 heteroatoms. The Kier molecular flexibility index (Phi) is 4.39. The quantitative estimate of drug-likeness (QED) is 0.822. The molecular formula is C13H13BrN2O4. The molecule has 1 aliphatic heterocycles. The van der Waals surface area contributed by atoms with Gasteiger partial charge >= 0.3 is 0 Å². The molecule has 106 valence electrons. The van der Waals surface area contributed by atoms with Crippen LogP contribution in [0.3, 0.4) is 0 Å². The van der Waals surface area contributed by atoms with Crippen molar-refractivity contribution in [1.82, 2.24) is 10.2 Å². The number of rotatable bonds is 3. The van der Waals surface area contributed by atoms with Crippen LogP contribution in [0.1, 0.15) is 6.92 Å². The normalized spacial score (nSPS) is 16.6. The Morgan fingerprint density at radius 2 is 1.80 bits per heavy atom. The molecule has 0 bridgehead atoms. The number of piperazine rings is 1. The van der Waals surface area contributed by atoms with E-state index in [-0.39, 0.29) is 13.1 Å². The number of imide groups is 1. The molecule has 20 heavy (non-hydrogen) atoms. The number of nitrogens with zero attached hydrogens (tertiary/aromatic N) is 1. The van der Waals surface area contributed by atoms with E-state index < -0.39 is 23.8 Å². The number of hydrogen-bond acceptors (Lipinski definition) is 4. The Labute approximate surface area is 124 Å². The lowest BCUT2D eigenvalue weighted by molar-refractivity contribution is -0.148. The molecule has 1 heterocycles. The molecule has 1 fully saturated rings. The lowest BCUT2D eigenvalue weighted by Gasteiger charge is -2.28. The van der Waals surface area contributed by atoms with E-state index >= 15 is 0 Å². The van der Waals surface area contributed by atoms with Crippen molar-refractivity contribution in [3.63, 3.8) is 0 Å². The molecule has 1 unspecified atom stereocenters. The highest BCUT2D eigenvalue weighted by Gasteiger charge is 2.30. The van der Waals surface area contributed by atoms with Crippen molar-refractivity contribution in [2.75, 3.05) is 13.1 Å². The van der Waals surface area contributed by atoms with Crippen LogP contribution < -0.4 is 10.1 Å². The first-order chi connectivity index (χ1) is 9.45. The van der Waals surface area contributed by atoms with Crippen molar-refractivity contribution in [3.05, 3.63) is 28.7 Å². The van der Waals surface area contributed by atoms with Gasteiger partial charge in [-0.3, -0.25) is 19.7 Å². The number of benzene rings is 1. The van der Waals surface area contributed by atoms with Crippen LogP contribution in [0.15, 0.2) is 28.7 Å². The fraction of sp³-hybridized carbons (Fsp3) is 0.308. The van der Waals surface area contributed by atoms with E-state index in [4.69, 9.17) is 4.74 Å². The SMILES string of the molecule is CC(Oc1ccc(Br)cc1)C(=O)N1CC(=O)NC(=O)C1. The smallest absolute Gasteiger partial charge is 0.264 e. The Bertz CT molecular complexity index is 528. The molecule has 0 saturated carbocycles. The highest BCUT2D eigenvalue weighted by molar-refractivity contribution is 9.10. The number of amides is 3. The zero-order valence-corrected chi connectivity index (χ0v) is 12.3. The van der Waals surface area contributed by atoms with Crippen molar-refractivity contribution in [1.29, 1.82) is 0 Å². The van der Waals surface area contributed by atoms with E-state index in [1.807, 2.05) is 0 Å². The molecule has 6 nitrogen and oxygen atoms in total. The molecule has 1 N–H and O–H groups in total. The molecule has 0 radical (unpaired) electrons. The van der Waals surface area contributed by atoms with E-state index in [1.165, 1.54) is 4.90 Å². The van der Waals surface area contributed by atoms with Crippen molar-refractivity contribution < 1.29 is 19.1 Å². The average molecular weight is 341 g/mol. The van der Waals surface area contributed by atoms with Gasteiger partial charge in [0.1, 0.15) is 18.8 Å². The fourth-order valence-electron chi connectivity index (χ4n) is 1.82. The third kappa shape index (κ3) is 3.57. The van der Waals surface area contributed by atoms with E-state index in [0.29, 0.717) is 5.75 Å². The molecule has 3 amide bonds. The van der Waals surface area contributed by atoms with Crippen molar-refractivity contribution >= 4 is 33.7 Å². The van der Waals surface area contributed by atoms with Crippen LogP contribution in [0.25, 0.3) is 0 Å². The summed E-state index contributed by atoms with van der Waals surface area (Å²) < 4.78 is 6.40. The molecule has 1 atom stereocenters. The maximum Gasteiger partial charge on any atom is 0.264 e. The van der Waals surface area contributed by atoms with Gasteiger partial charge in [0.25, 0.3) is 5.91 Å². The number of carbonyl (C=O) groups excluding carboxylic acids is 3. The minimum Gasteiger partial charge on any atom is -0.481 e. The van der Waals surface area contributed by atoms with Crippen LogP contribution in [0, 0.1) is 0 Å². The van der Waals surface area contributed by atoms with Gasteiger partial charge in [-0.15, -0.1) is 0 Å². The van der Waals surface area contributed by atoms with E-state index in [2.05, 4.69) is 21.2 Å². The second kappa shape index (κ2) is 6.04. The molecule has 2 rings (SSSR count). The summed E-state index contributed by atoms with van der Waals surface area (Å²) in [5.74, 6) is -0.811. The molecule has 1 aromatic carbocycles. The Balaban J connectivity index is 1.99. The van der Waals surface area contributed by atoms with Crippen LogP contribution in [0.2, 0.25) is 0 Å². The van der Waals surface area contributed by atoms with E-state index in [9.17, 15) is 14.4 Å². The van der Waals surface area contributed by atoms with Gasteiger partial charge in [0, 0.05) is 4.47 Å². The number of halogens is 1. The van der Waals surface area contributed by atoms with Gasteiger partial charge in [-0.1, -0.05) is 15.9 Å². The predicted molar refractivity (Wildman–Crippen MR) is 74.0 cm³/mol.